The number of likely N-dealkylation sites (N-methyl/N-ethyl adjacent to an activating group) is 1. The van der Waals surface area contributed by atoms with E-state index in [2.05, 4.69) is 52.4 Å². The minimum atomic E-state index is -0.209. The molecule has 1 N–H and O–H groups in total. The Labute approximate surface area is 134 Å². The van der Waals surface area contributed by atoms with E-state index < -0.39 is 0 Å². The van der Waals surface area contributed by atoms with Gasteiger partial charge in [-0.25, -0.2) is 4.39 Å². The van der Waals surface area contributed by atoms with Gasteiger partial charge in [0.2, 0.25) is 0 Å². The van der Waals surface area contributed by atoms with Crippen LogP contribution >= 0.6 is 15.9 Å². The van der Waals surface area contributed by atoms with Crippen LogP contribution in [0.4, 0.5) is 4.39 Å². The Morgan fingerprint density at radius 2 is 1.95 bits per heavy atom. The van der Waals surface area contributed by atoms with Crippen molar-refractivity contribution >= 4 is 15.9 Å². The molecule has 21 heavy (non-hydrogen) atoms. The predicted molar refractivity (Wildman–Crippen MR) is 90.2 cm³/mol. The first-order valence-corrected chi connectivity index (χ1v) is 8.04. The maximum atomic E-state index is 13.3. The second-order valence-corrected chi connectivity index (χ2v) is 6.32. The molecule has 0 saturated heterocycles. The van der Waals surface area contributed by atoms with E-state index in [0.717, 1.165) is 24.8 Å². The highest BCUT2D eigenvalue weighted by Crippen LogP contribution is 2.19. The Kier molecular flexibility index (Phi) is 5.95. The Bertz CT molecular complexity index is 598. The minimum Gasteiger partial charge on any atom is -0.317 e. The average molecular weight is 350 g/mol. The standard InChI is InChI=1S/C18H21BrFN/c1-13-4-3-5-14(10-13)6-8-16(21-2)11-15-7-9-18(20)17(19)12-15/h3-5,7,9-10,12,16,21H,6,8,11H2,1-2H3. The van der Waals surface area contributed by atoms with Crippen molar-refractivity contribution in [1.29, 1.82) is 0 Å². The van der Waals surface area contributed by atoms with Gasteiger partial charge in [-0.2, -0.15) is 0 Å². The van der Waals surface area contributed by atoms with E-state index in [1.54, 1.807) is 0 Å². The lowest BCUT2D eigenvalue weighted by Crippen LogP contribution is -2.28. The molecule has 2 aromatic carbocycles. The summed E-state index contributed by atoms with van der Waals surface area (Å²) < 4.78 is 13.8. The maximum absolute atomic E-state index is 13.3. The van der Waals surface area contributed by atoms with Crippen LogP contribution in [0.25, 0.3) is 0 Å². The summed E-state index contributed by atoms with van der Waals surface area (Å²) >= 11 is 3.25. The van der Waals surface area contributed by atoms with Crippen molar-refractivity contribution < 1.29 is 4.39 Å². The first kappa shape index (κ1) is 16.2. The van der Waals surface area contributed by atoms with Crippen LogP contribution in [0, 0.1) is 12.7 Å². The molecule has 2 rings (SSSR count). The molecule has 112 valence electrons. The fourth-order valence-corrected chi connectivity index (χ4v) is 2.93. The molecule has 2 aromatic rings. The van der Waals surface area contributed by atoms with Gasteiger partial charge in [0.05, 0.1) is 4.47 Å². The second-order valence-electron chi connectivity index (χ2n) is 5.47. The maximum Gasteiger partial charge on any atom is 0.137 e. The Balaban J connectivity index is 1.95. The fourth-order valence-electron chi connectivity index (χ4n) is 2.51. The summed E-state index contributed by atoms with van der Waals surface area (Å²) in [5.41, 5.74) is 3.82. The van der Waals surface area contributed by atoms with Crippen molar-refractivity contribution in [3.05, 3.63) is 69.4 Å². The quantitative estimate of drug-likeness (QED) is 0.799. The number of nitrogens with one attached hydrogen (secondary N) is 1. The van der Waals surface area contributed by atoms with Crippen molar-refractivity contribution in [3.63, 3.8) is 0 Å². The molecular formula is C18H21BrFN. The lowest BCUT2D eigenvalue weighted by Gasteiger charge is -2.16. The summed E-state index contributed by atoms with van der Waals surface area (Å²) in [4.78, 5) is 0. The van der Waals surface area contributed by atoms with Crippen molar-refractivity contribution in [2.24, 2.45) is 0 Å². The third-order valence-electron chi connectivity index (χ3n) is 3.74. The Morgan fingerprint density at radius 1 is 1.14 bits per heavy atom. The van der Waals surface area contributed by atoms with Crippen LogP contribution in [0.5, 0.6) is 0 Å². The molecule has 0 heterocycles. The van der Waals surface area contributed by atoms with Crippen LogP contribution in [-0.2, 0) is 12.8 Å². The molecule has 0 amide bonds. The lowest BCUT2D eigenvalue weighted by molar-refractivity contribution is 0.519. The fraction of sp³-hybridized carbons (Fsp3) is 0.333. The van der Waals surface area contributed by atoms with Gasteiger partial charge in [0.25, 0.3) is 0 Å². The zero-order valence-electron chi connectivity index (χ0n) is 12.5. The van der Waals surface area contributed by atoms with E-state index in [-0.39, 0.29) is 5.82 Å². The lowest BCUT2D eigenvalue weighted by atomic mass is 9.98. The first-order valence-electron chi connectivity index (χ1n) is 7.25. The molecule has 0 fully saturated rings. The largest absolute Gasteiger partial charge is 0.317 e. The van der Waals surface area contributed by atoms with E-state index in [4.69, 9.17) is 0 Å². The van der Waals surface area contributed by atoms with Crippen LogP contribution < -0.4 is 5.32 Å². The monoisotopic (exact) mass is 349 g/mol. The third kappa shape index (κ3) is 4.94. The molecule has 0 aliphatic rings. The molecule has 0 saturated carbocycles. The topological polar surface area (TPSA) is 12.0 Å². The summed E-state index contributed by atoms with van der Waals surface area (Å²) in [5.74, 6) is -0.209. The highest BCUT2D eigenvalue weighted by molar-refractivity contribution is 9.10. The van der Waals surface area contributed by atoms with E-state index in [1.165, 1.54) is 17.2 Å². The predicted octanol–water partition coefficient (Wildman–Crippen LogP) is 4.66. The zero-order chi connectivity index (χ0) is 15.2. The second kappa shape index (κ2) is 7.71. The molecule has 1 atom stereocenters. The number of benzene rings is 2. The van der Waals surface area contributed by atoms with E-state index in [1.807, 2.05) is 19.2 Å². The van der Waals surface area contributed by atoms with Gasteiger partial charge in [-0.1, -0.05) is 35.9 Å². The normalized spacial score (nSPS) is 12.4. The number of hydrogen-bond acceptors (Lipinski definition) is 1. The van der Waals surface area contributed by atoms with Gasteiger partial charge in [-0.15, -0.1) is 0 Å². The van der Waals surface area contributed by atoms with E-state index in [9.17, 15) is 4.39 Å². The van der Waals surface area contributed by atoms with Gasteiger partial charge in [-0.3, -0.25) is 0 Å². The molecule has 0 aliphatic carbocycles. The molecule has 0 bridgehead atoms. The van der Waals surface area contributed by atoms with Crippen molar-refractivity contribution in [2.45, 2.75) is 32.2 Å². The molecule has 1 unspecified atom stereocenters. The molecular weight excluding hydrogens is 329 g/mol. The highest BCUT2D eigenvalue weighted by Gasteiger charge is 2.09. The summed E-state index contributed by atoms with van der Waals surface area (Å²) in [6.07, 6.45) is 3.02. The highest BCUT2D eigenvalue weighted by atomic mass is 79.9. The van der Waals surface area contributed by atoms with Gasteiger partial charge >= 0.3 is 0 Å². The number of rotatable bonds is 6. The number of hydrogen-bond donors (Lipinski definition) is 1. The Morgan fingerprint density at radius 3 is 2.62 bits per heavy atom. The van der Waals surface area contributed by atoms with E-state index >= 15 is 0 Å². The molecule has 0 aromatic heterocycles. The first-order chi connectivity index (χ1) is 10.1. The summed E-state index contributed by atoms with van der Waals surface area (Å²) in [5, 5.41) is 3.36. The van der Waals surface area contributed by atoms with Gasteiger partial charge < -0.3 is 5.32 Å². The SMILES string of the molecule is CNC(CCc1cccc(C)c1)Cc1ccc(F)c(Br)c1. The van der Waals surface area contributed by atoms with Gasteiger partial charge in [0.1, 0.15) is 5.82 Å². The van der Waals surface area contributed by atoms with Gasteiger partial charge in [0, 0.05) is 6.04 Å². The van der Waals surface area contributed by atoms with Crippen LogP contribution in [0.15, 0.2) is 46.9 Å². The van der Waals surface area contributed by atoms with Gasteiger partial charge in [0.15, 0.2) is 0 Å². The third-order valence-corrected chi connectivity index (χ3v) is 4.35. The average Bonchev–Trinajstić information content (AvgIpc) is 2.47. The zero-order valence-corrected chi connectivity index (χ0v) is 14.1. The minimum absolute atomic E-state index is 0.209. The van der Waals surface area contributed by atoms with Crippen molar-refractivity contribution in [3.8, 4) is 0 Å². The summed E-state index contributed by atoms with van der Waals surface area (Å²) in [6.45, 7) is 2.12. The van der Waals surface area contributed by atoms with Crippen LogP contribution in [0.3, 0.4) is 0 Å². The van der Waals surface area contributed by atoms with Crippen molar-refractivity contribution in [2.75, 3.05) is 7.05 Å². The molecule has 3 heteroatoms. The van der Waals surface area contributed by atoms with Gasteiger partial charge in [-0.05, 0) is 72.4 Å². The molecule has 0 radical (unpaired) electrons. The van der Waals surface area contributed by atoms with Crippen LogP contribution in [-0.4, -0.2) is 13.1 Å². The molecule has 0 spiro atoms. The van der Waals surface area contributed by atoms with E-state index in [0.29, 0.717) is 10.5 Å². The molecule has 0 aliphatic heterocycles. The summed E-state index contributed by atoms with van der Waals surface area (Å²) in [7, 11) is 1.99. The van der Waals surface area contributed by atoms with Crippen LogP contribution in [0.1, 0.15) is 23.1 Å². The number of aryl methyl sites for hydroxylation is 2. The number of halogens is 2. The summed E-state index contributed by atoms with van der Waals surface area (Å²) in [6, 6.07) is 14.3. The van der Waals surface area contributed by atoms with Crippen LogP contribution in [0.2, 0.25) is 0 Å². The van der Waals surface area contributed by atoms with Crippen molar-refractivity contribution in [1.82, 2.24) is 5.32 Å². The smallest absolute Gasteiger partial charge is 0.137 e. The molecule has 1 nitrogen and oxygen atoms in total. The Hall–Kier alpha value is -1.19.